The van der Waals surface area contributed by atoms with Crippen LogP contribution in [-0.2, 0) is 0 Å². The molecule has 58 valence electrons. The van der Waals surface area contributed by atoms with Gasteiger partial charge in [0.05, 0.1) is 5.02 Å². The fraction of sp³-hybridized carbons (Fsp3) is 0.375. The van der Waals surface area contributed by atoms with E-state index in [2.05, 4.69) is 10.3 Å². The number of aromatic nitrogens is 1. The first-order valence-corrected chi connectivity index (χ1v) is 4.08. The van der Waals surface area contributed by atoms with Crippen molar-refractivity contribution in [3.8, 4) is 0 Å². The van der Waals surface area contributed by atoms with E-state index in [1.165, 1.54) is 12.0 Å². The summed E-state index contributed by atoms with van der Waals surface area (Å²) in [5, 5.41) is 4.01. The Morgan fingerprint density at radius 3 is 2.91 bits per heavy atom. The quantitative estimate of drug-likeness (QED) is 0.692. The van der Waals surface area contributed by atoms with Crippen LogP contribution < -0.4 is 5.32 Å². The molecule has 0 aliphatic carbocycles. The zero-order valence-electron chi connectivity index (χ0n) is 6.05. The molecule has 2 rings (SSSR count). The predicted molar refractivity (Wildman–Crippen MR) is 44.6 cm³/mol. The molecule has 0 amide bonds. The van der Waals surface area contributed by atoms with Crippen LogP contribution >= 0.6 is 11.6 Å². The summed E-state index contributed by atoms with van der Waals surface area (Å²) in [5.74, 6) is 0. The molecule has 0 saturated carbocycles. The summed E-state index contributed by atoms with van der Waals surface area (Å²) in [7, 11) is 0. The van der Waals surface area contributed by atoms with Crippen LogP contribution in [0.4, 0.5) is 0 Å². The molecule has 1 aliphatic heterocycles. The van der Waals surface area contributed by atoms with Crippen molar-refractivity contribution in [2.75, 3.05) is 6.54 Å². The molecule has 1 aliphatic rings. The first-order chi connectivity index (χ1) is 5.36. The third-order valence-electron chi connectivity index (χ3n) is 1.95. The van der Waals surface area contributed by atoms with Gasteiger partial charge in [0.2, 0.25) is 0 Å². The Morgan fingerprint density at radius 2 is 2.36 bits per heavy atom. The number of hydrogen-bond donors (Lipinski definition) is 1. The number of halogens is 1. The van der Waals surface area contributed by atoms with Gasteiger partial charge >= 0.3 is 0 Å². The highest BCUT2D eigenvalue weighted by molar-refractivity contribution is 6.30. The Kier molecular flexibility index (Phi) is 1.80. The van der Waals surface area contributed by atoms with Gasteiger partial charge in [-0.3, -0.25) is 4.98 Å². The molecule has 1 fully saturated rings. The Morgan fingerprint density at radius 1 is 1.55 bits per heavy atom. The highest BCUT2D eigenvalue weighted by Crippen LogP contribution is 2.23. The molecular weight excluding hydrogens is 160 g/mol. The van der Waals surface area contributed by atoms with Crippen LogP contribution in [0, 0.1) is 0 Å². The number of pyridine rings is 1. The monoisotopic (exact) mass is 168 g/mol. The molecule has 0 unspecified atom stereocenters. The minimum Gasteiger partial charge on any atom is -0.310 e. The summed E-state index contributed by atoms with van der Waals surface area (Å²) in [6.07, 6.45) is 4.72. The number of rotatable bonds is 1. The van der Waals surface area contributed by atoms with Crippen molar-refractivity contribution >= 4 is 11.6 Å². The van der Waals surface area contributed by atoms with Crippen LogP contribution in [0.15, 0.2) is 18.5 Å². The SMILES string of the molecule is Clc1cncc([C@@H]2CCN2)c1. The lowest BCUT2D eigenvalue weighted by Gasteiger charge is -2.27. The molecule has 1 saturated heterocycles. The fourth-order valence-corrected chi connectivity index (χ4v) is 1.37. The molecule has 1 atom stereocenters. The second kappa shape index (κ2) is 2.80. The van der Waals surface area contributed by atoms with Gasteiger partial charge in [0.25, 0.3) is 0 Å². The van der Waals surface area contributed by atoms with Crippen LogP contribution in [0.2, 0.25) is 5.02 Å². The van der Waals surface area contributed by atoms with E-state index in [1.807, 2.05) is 12.3 Å². The lowest BCUT2D eigenvalue weighted by molar-refractivity contribution is 0.382. The highest BCUT2D eigenvalue weighted by atomic mass is 35.5. The normalized spacial score (nSPS) is 22.8. The Hall–Kier alpha value is -0.600. The van der Waals surface area contributed by atoms with Crippen molar-refractivity contribution < 1.29 is 0 Å². The lowest BCUT2D eigenvalue weighted by atomic mass is 10.0. The zero-order chi connectivity index (χ0) is 7.68. The third kappa shape index (κ3) is 1.37. The summed E-state index contributed by atoms with van der Waals surface area (Å²) in [5.41, 5.74) is 1.20. The second-order valence-corrected chi connectivity index (χ2v) is 3.17. The molecule has 0 radical (unpaired) electrons. The van der Waals surface area contributed by atoms with Gasteiger partial charge in [-0.25, -0.2) is 0 Å². The molecule has 0 spiro atoms. The molecule has 2 heterocycles. The van der Waals surface area contributed by atoms with Crippen LogP contribution in [0.1, 0.15) is 18.0 Å². The minimum absolute atomic E-state index is 0.487. The van der Waals surface area contributed by atoms with Gasteiger partial charge in [0.1, 0.15) is 0 Å². The van der Waals surface area contributed by atoms with Gasteiger partial charge in [-0.15, -0.1) is 0 Å². The summed E-state index contributed by atoms with van der Waals surface area (Å²) >= 11 is 5.78. The van der Waals surface area contributed by atoms with E-state index < -0.39 is 0 Å². The first kappa shape index (κ1) is 7.07. The lowest BCUT2D eigenvalue weighted by Crippen LogP contribution is -2.34. The average molecular weight is 169 g/mol. The van der Waals surface area contributed by atoms with E-state index in [0.29, 0.717) is 6.04 Å². The van der Waals surface area contributed by atoms with E-state index in [1.54, 1.807) is 6.20 Å². The van der Waals surface area contributed by atoms with Gasteiger partial charge in [-0.2, -0.15) is 0 Å². The molecule has 2 nitrogen and oxygen atoms in total. The molecule has 0 aromatic carbocycles. The van der Waals surface area contributed by atoms with Crippen molar-refractivity contribution in [3.05, 3.63) is 29.0 Å². The molecule has 1 aromatic heterocycles. The van der Waals surface area contributed by atoms with Gasteiger partial charge in [0, 0.05) is 18.4 Å². The van der Waals surface area contributed by atoms with Crippen molar-refractivity contribution in [1.29, 1.82) is 0 Å². The molecule has 0 bridgehead atoms. The summed E-state index contributed by atoms with van der Waals surface area (Å²) in [6.45, 7) is 1.11. The number of nitrogens with zero attached hydrogens (tertiary/aromatic N) is 1. The maximum Gasteiger partial charge on any atom is 0.0592 e. The van der Waals surface area contributed by atoms with E-state index in [9.17, 15) is 0 Å². The van der Waals surface area contributed by atoms with Crippen LogP contribution in [0.25, 0.3) is 0 Å². The Labute approximate surface area is 70.6 Å². The molecule has 1 N–H and O–H groups in total. The first-order valence-electron chi connectivity index (χ1n) is 3.70. The molecule has 11 heavy (non-hydrogen) atoms. The zero-order valence-corrected chi connectivity index (χ0v) is 6.80. The Bertz CT molecular complexity index is 258. The maximum atomic E-state index is 5.78. The molecule has 3 heteroatoms. The van der Waals surface area contributed by atoms with Crippen molar-refractivity contribution in [1.82, 2.24) is 10.3 Å². The fourth-order valence-electron chi connectivity index (χ4n) is 1.19. The molecular formula is C8H9ClN2. The van der Waals surface area contributed by atoms with E-state index in [4.69, 9.17) is 11.6 Å². The van der Waals surface area contributed by atoms with Crippen LogP contribution in [-0.4, -0.2) is 11.5 Å². The van der Waals surface area contributed by atoms with Gasteiger partial charge in [-0.05, 0) is 24.6 Å². The largest absolute Gasteiger partial charge is 0.310 e. The topological polar surface area (TPSA) is 24.9 Å². The van der Waals surface area contributed by atoms with Gasteiger partial charge < -0.3 is 5.32 Å². The number of hydrogen-bond acceptors (Lipinski definition) is 2. The van der Waals surface area contributed by atoms with E-state index in [0.717, 1.165) is 11.6 Å². The predicted octanol–water partition coefficient (Wildman–Crippen LogP) is 1.77. The van der Waals surface area contributed by atoms with Crippen molar-refractivity contribution in [2.24, 2.45) is 0 Å². The van der Waals surface area contributed by atoms with E-state index in [-0.39, 0.29) is 0 Å². The minimum atomic E-state index is 0.487. The third-order valence-corrected chi connectivity index (χ3v) is 2.16. The van der Waals surface area contributed by atoms with Crippen LogP contribution in [0.3, 0.4) is 0 Å². The van der Waals surface area contributed by atoms with E-state index >= 15 is 0 Å². The van der Waals surface area contributed by atoms with Crippen LogP contribution in [0.5, 0.6) is 0 Å². The van der Waals surface area contributed by atoms with Crippen molar-refractivity contribution in [3.63, 3.8) is 0 Å². The van der Waals surface area contributed by atoms with Crippen molar-refractivity contribution in [2.45, 2.75) is 12.5 Å². The smallest absolute Gasteiger partial charge is 0.0592 e. The standard InChI is InChI=1S/C8H9ClN2/c9-7-3-6(4-10-5-7)8-1-2-11-8/h3-5,8,11H,1-2H2/t8-/m0/s1. The van der Waals surface area contributed by atoms with Gasteiger partial charge in [0.15, 0.2) is 0 Å². The van der Waals surface area contributed by atoms with Gasteiger partial charge in [-0.1, -0.05) is 11.6 Å². The summed E-state index contributed by atoms with van der Waals surface area (Å²) in [6, 6.07) is 2.45. The summed E-state index contributed by atoms with van der Waals surface area (Å²) < 4.78 is 0. The average Bonchev–Trinajstić information content (AvgIpc) is 1.83. The summed E-state index contributed by atoms with van der Waals surface area (Å²) in [4.78, 5) is 4.02. The maximum absolute atomic E-state index is 5.78. The second-order valence-electron chi connectivity index (χ2n) is 2.73. The molecule has 1 aromatic rings. The number of nitrogens with one attached hydrogen (secondary N) is 1. The Balaban J connectivity index is 2.23. The highest BCUT2D eigenvalue weighted by Gasteiger charge is 2.18.